The van der Waals surface area contributed by atoms with Crippen LogP contribution >= 0.6 is 11.6 Å². The van der Waals surface area contributed by atoms with Crippen molar-refractivity contribution in [2.45, 2.75) is 31.9 Å². The van der Waals surface area contributed by atoms with Crippen LogP contribution in [0.15, 0.2) is 4.42 Å². The standard InChI is InChI=1S/C9H14ClN3O2/c1-6-7(2)14-4-3-13(6)9-12-11-8(5-10)15-9/h6-7H,3-5H2,1-2H3. The zero-order valence-corrected chi connectivity index (χ0v) is 9.57. The molecule has 2 rings (SSSR count). The van der Waals surface area contributed by atoms with Crippen molar-refractivity contribution in [2.75, 3.05) is 18.1 Å². The topological polar surface area (TPSA) is 51.4 Å². The molecule has 2 heterocycles. The monoisotopic (exact) mass is 231 g/mol. The van der Waals surface area contributed by atoms with Crippen molar-refractivity contribution in [2.24, 2.45) is 0 Å². The first-order valence-corrected chi connectivity index (χ1v) is 5.52. The lowest BCUT2D eigenvalue weighted by Gasteiger charge is -2.36. The van der Waals surface area contributed by atoms with E-state index in [9.17, 15) is 0 Å². The van der Waals surface area contributed by atoms with E-state index in [0.717, 1.165) is 6.54 Å². The third-order valence-electron chi connectivity index (χ3n) is 2.70. The zero-order chi connectivity index (χ0) is 10.8. The van der Waals surface area contributed by atoms with Gasteiger partial charge >= 0.3 is 6.01 Å². The van der Waals surface area contributed by atoms with Gasteiger partial charge in [0.05, 0.1) is 18.8 Å². The van der Waals surface area contributed by atoms with Crippen LogP contribution in [0, 0.1) is 0 Å². The second-order valence-electron chi connectivity index (χ2n) is 3.62. The van der Waals surface area contributed by atoms with E-state index in [1.54, 1.807) is 0 Å². The average molecular weight is 232 g/mol. The Morgan fingerprint density at radius 1 is 1.47 bits per heavy atom. The number of nitrogens with zero attached hydrogens (tertiary/aromatic N) is 3. The number of aromatic nitrogens is 2. The Kier molecular flexibility index (Phi) is 3.11. The van der Waals surface area contributed by atoms with Crippen LogP contribution < -0.4 is 4.90 Å². The number of hydrogen-bond acceptors (Lipinski definition) is 5. The molecule has 1 aromatic rings. The van der Waals surface area contributed by atoms with Gasteiger partial charge in [-0.2, -0.15) is 0 Å². The predicted octanol–water partition coefficient (Wildman–Crippen LogP) is 1.42. The molecular weight excluding hydrogens is 218 g/mol. The fourth-order valence-electron chi connectivity index (χ4n) is 1.62. The van der Waals surface area contributed by atoms with Gasteiger partial charge in [-0.1, -0.05) is 5.10 Å². The largest absolute Gasteiger partial charge is 0.407 e. The fraction of sp³-hybridized carbons (Fsp3) is 0.778. The maximum absolute atomic E-state index is 5.60. The van der Waals surface area contributed by atoms with Crippen molar-refractivity contribution in [1.29, 1.82) is 0 Å². The number of halogens is 1. The summed E-state index contributed by atoms with van der Waals surface area (Å²) < 4.78 is 10.9. The number of ether oxygens (including phenoxy) is 1. The Bertz CT molecular complexity index is 331. The Balaban J connectivity index is 2.14. The van der Waals surface area contributed by atoms with Crippen molar-refractivity contribution in [3.05, 3.63) is 5.89 Å². The molecule has 2 unspecified atom stereocenters. The third kappa shape index (κ3) is 2.08. The van der Waals surface area contributed by atoms with Crippen LogP contribution in [0.25, 0.3) is 0 Å². The lowest BCUT2D eigenvalue weighted by atomic mass is 10.1. The molecule has 15 heavy (non-hydrogen) atoms. The van der Waals surface area contributed by atoms with Crippen LogP contribution in [0.4, 0.5) is 6.01 Å². The van der Waals surface area contributed by atoms with Gasteiger partial charge in [0, 0.05) is 6.54 Å². The molecule has 0 spiro atoms. The molecule has 2 atom stereocenters. The first-order valence-electron chi connectivity index (χ1n) is 4.99. The van der Waals surface area contributed by atoms with Crippen molar-refractivity contribution in [3.63, 3.8) is 0 Å². The summed E-state index contributed by atoms with van der Waals surface area (Å²) in [6.45, 7) is 5.57. The second kappa shape index (κ2) is 4.37. The summed E-state index contributed by atoms with van der Waals surface area (Å²) in [7, 11) is 0. The van der Waals surface area contributed by atoms with Gasteiger partial charge in [0.1, 0.15) is 5.88 Å². The molecule has 0 amide bonds. The SMILES string of the molecule is CC1OCCN(c2nnc(CCl)o2)C1C. The molecule has 0 aliphatic carbocycles. The van der Waals surface area contributed by atoms with Crippen molar-refractivity contribution < 1.29 is 9.15 Å². The molecule has 1 saturated heterocycles. The highest BCUT2D eigenvalue weighted by molar-refractivity contribution is 6.16. The highest BCUT2D eigenvalue weighted by atomic mass is 35.5. The van der Waals surface area contributed by atoms with Crippen molar-refractivity contribution in [1.82, 2.24) is 10.2 Å². The summed E-state index contributed by atoms with van der Waals surface area (Å²) in [5, 5.41) is 7.80. The van der Waals surface area contributed by atoms with Crippen molar-refractivity contribution >= 4 is 17.6 Å². The quantitative estimate of drug-likeness (QED) is 0.721. The number of hydrogen-bond donors (Lipinski definition) is 0. The molecule has 5 nitrogen and oxygen atoms in total. The molecule has 0 radical (unpaired) electrons. The Labute approximate surface area is 93.4 Å². The van der Waals surface area contributed by atoms with Gasteiger partial charge in [-0.3, -0.25) is 0 Å². The van der Waals surface area contributed by atoms with E-state index < -0.39 is 0 Å². The average Bonchev–Trinajstić information content (AvgIpc) is 2.70. The van der Waals surface area contributed by atoms with Crippen molar-refractivity contribution in [3.8, 4) is 0 Å². The molecule has 6 heteroatoms. The van der Waals surface area contributed by atoms with Gasteiger partial charge in [-0.25, -0.2) is 0 Å². The Morgan fingerprint density at radius 2 is 2.27 bits per heavy atom. The number of rotatable bonds is 2. The summed E-state index contributed by atoms with van der Waals surface area (Å²) >= 11 is 5.60. The second-order valence-corrected chi connectivity index (χ2v) is 3.89. The van der Waals surface area contributed by atoms with Gasteiger partial charge in [-0.05, 0) is 13.8 Å². The maximum Gasteiger partial charge on any atom is 0.318 e. The van der Waals surface area contributed by atoms with E-state index >= 15 is 0 Å². The molecule has 0 N–H and O–H groups in total. The number of alkyl halides is 1. The van der Waals surface area contributed by atoms with Gasteiger partial charge in [-0.15, -0.1) is 16.7 Å². The van der Waals surface area contributed by atoms with E-state index in [1.165, 1.54) is 0 Å². The fourth-order valence-corrected chi connectivity index (χ4v) is 1.73. The Morgan fingerprint density at radius 3 is 2.93 bits per heavy atom. The molecule has 0 bridgehead atoms. The highest BCUT2D eigenvalue weighted by Gasteiger charge is 2.28. The van der Waals surface area contributed by atoms with E-state index in [4.69, 9.17) is 20.8 Å². The molecule has 1 aliphatic rings. The van der Waals surface area contributed by atoms with E-state index in [2.05, 4.69) is 22.0 Å². The molecule has 0 saturated carbocycles. The molecule has 1 aliphatic heterocycles. The minimum absolute atomic E-state index is 0.171. The summed E-state index contributed by atoms with van der Waals surface area (Å²) in [4.78, 5) is 2.05. The minimum atomic E-state index is 0.171. The zero-order valence-electron chi connectivity index (χ0n) is 8.81. The summed E-state index contributed by atoms with van der Waals surface area (Å²) in [5.74, 6) is 0.708. The lowest BCUT2D eigenvalue weighted by molar-refractivity contribution is 0.0263. The van der Waals surface area contributed by atoms with E-state index in [1.807, 2.05) is 6.92 Å². The van der Waals surface area contributed by atoms with Gasteiger partial charge in [0.25, 0.3) is 0 Å². The summed E-state index contributed by atoms with van der Waals surface area (Å²) in [6, 6.07) is 0.774. The maximum atomic E-state index is 5.60. The third-order valence-corrected chi connectivity index (χ3v) is 2.93. The molecular formula is C9H14ClN3O2. The van der Waals surface area contributed by atoms with Crippen LogP contribution in [-0.4, -0.2) is 35.5 Å². The van der Waals surface area contributed by atoms with Crippen LogP contribution in [0.2, 0.25) is 0 Å². The van der Waals surface area contributed by atoms with Gasteiger partial charge in [0.2, 0.25) is 5.89 Å². The normalized spacial score (nSPS) is 27.0. The van der Waals surface area contributed by atoms with E-state index in [0.29, 0.717) is 18.5 Å². The summed E-state index contributed by atoms with van der Waals surface area (Å²) in [6.07, 6.45) is 0.171. The summed E-state index contributed by atoms with van der Waals surface area (Å²) in [5.41, 5.74) is 0. The number of morpholine rings is 1. The predicted molar refractivity (Wildman–Crippen MR) is 56.1 cm³/mol. The first-order chi connectivity index (χ1) is 7.22. The molecule has 1 fully saturated rings. The molecule has 84 valence electrons. The van der Waals surface area contributed by atoms with Gasteiger partial charge in [0.15, 0.2) is 0 Å². The molecule has 1 aromatic heterocycles. The van der Waals surface area contributed by atoms with Crippen LogP contribution in [0.3, 0.4) is 0 Å². The van der Waals surface area contributed by atoms with Crippen LogP contribution in [0.5, 0.6) is 0 Å². The van der Waals surface area contributed by atoms with Crippen LogP contribution in [-0.2, 0) is 10.6 Å². The smallest absolute Gasteiger partial charge is 0.318 e. The highest BCUT2D eigenvalue weighted by Crippen LogP contribution is 2.21. The number of anilines is 1. The Hall–Kier alpha value is -0.810. The van der Waals surface area contributed by atoms with E-state index in [-0.39, 0.29) is 18.0 Å². The first kappa shape index (κ1) is 10.7. The van der Waals surface area contributed by atoms with Gasteiger partial charge < -0.3 is 14.1 Å². The molecule has 0 aromatic carbocycles. The minimum Gasteiger partial charge on any atom is -0.407 e. The lowest BCUT2D eigenvalue weighted by Crippen LogP contribution is -2.48. The van der Waals surface area contributed by atoms with Crippen LogP contribution in [0.1, 0.15) is 19.7 Å².